The first-order valence-corrected chi connectivity index (χ1v) is 13.7. The Morgan fingerprint density at radius 1 is 1.05 bits per heavy atom. The summed E-state index contributed by atoms with van der Waals surface area (Å²) >= 11 is 0. The molecule has 0 saturated carbocycles. The van der Waals surface area contributed by atoms with E-state index in [0.717, 1.165) is 29.6 Å². The minimum absolute atomic E-state index is 0.0535. The Bertz CT molecular complexity index is 1180. The number of aliphatic hydroxyl groups excluding tert-OH is 1. The molecule has 0 aliphatic carbocycles. The number of fused-ring (bicyclic) bond motifs is 1. The van der Waals surface area contributed by atoms with E-state index in [4.69, 9.17) is 5.73 Å². The van der Waals surface area contributed by atoms with E-state index in [2.05, 4.69) is 36.4 Å². The molecule has 0 spiro atoms. The van der Waals surface area contributed by atoms with Crippen molar-refractivity contribution in [3.8, 4) is 5.82 Å². The van der Waals surface area contributed by atoms with Gasteiger partial charge in [0.1, 0.15) is 5.82 Å². The number of carbonyl (C=O) groups is 2. The van der Waals surface area contributed by atoms with E-state index in [0.29, 0.717) is 31.5 Å². The van der Waals surface area contributed by atoms with Crippen molar-refractivity contribution in [3.05, 3.63) is 60.4 Å². The molecule has 2 aromatic heterocycles. The lowest BCUT2D eigenvalue weighted by Gasteiger charge is -2.28. The van der Waals surface area contributed by atoms with Crippen LogP contribution in [0.3, 0.4) is 0 Å². The molecular weight excluding hydrogens is 478 g/mol. The van der Waals surface area contributed by atoms with Crippen LogP contribution in [0.15, 0.2) is 54.9 Å². The van der Waals surface area contributed by atoms with Gasteiger partial charge in [-0.3, -0.25) is 9.59 Å². The number of benzene rings is 1. The number of nitrogens with zero attached hydrogens (tertiary/aromatic N) is 2. The zero-order valence-corrected chi connectivity index (χ0v) is 23.1. The van der Waals surface area contributed by atoms with Crippen LogP contribution >= 0.6 is 0 Å². The fourth-order valence-electron chi connectivity index (χ4n) is 4.67. The number of rotatable bonds is 14. The predicted octanol–water partition coefficient (Wildman–Crippen LogP) is 4.05. The zero-order valence-electron chi connectivity index (χ0n) is 23.1. The molecule has 0 unspecified atom stereocenters. The lowest BCUT2D eigenvalue weighted by molar-refractivity contribution is -0.125. The summed E-state index contributed by atoms with van der Waals surface area (Å²) in [5, 5.41) is 17.6. The van der Waals surface area contributed by atoms with Crippen LogP contribution in [-0.2, 0) is 4.79 Å². The predicted molar refractivity (Wildman–Crippen MR) is 152 cm³/mol. The van der Waals surface area contributed by atoms with Crippen LogP contribution in [0.25, 0.3) is 16.7 Å². The number of aliphatic hydroxyl groups is 1. The van der Waals surface area contributed by atoms with Crippen molar-refractivity contribution in [1.29, 1.82) is 0 Å². The molecular formula is C30H43N5O3. The third-order valence-electron chi connectivity index (χ3n) is 7.26. The van der Waals surface area contributed by atoms with E-state index in [9.17, 15) is 14.7 Å². The molecule has 4 atom stereocenters. The second kappa shape index (κ2) is 14.1. The van der Waals surface area contributed by atoms with E-state index in [1.165, 1.54) is 0 Å². The third kappa shape index (κ3) is 7.65. The van der Waals surface area contributed by atoms with Crippen molar-refractivity contribution in [1.82, 2.24) is 20.2 Å². The second-order valence-corrected chi connectivity index (χ2v) is 10.6. The summed E-state index contributed by atoms with van der Waals surface area (Å²) < 4.78 is 1.93. The maximum atomic E-state index is 13.3. The fourth-order valence-corrected chi connectivity index (χ4v) is 4.67. The molecule has 5 N–H and O–H groups in total. The normalized spacial score (nSPS) is 14.7. The Hall–Kier alpha value is -3.23. The van der Waals surface area contributed by atoms with Crippen LogP contribution in [0.5, 0.6) is 0 Å². The van der Waals surface area contributed by atoms with Crippen LogP contribution in [0, 0.1) is 17.8 Å². The maximum absolute atomic E-state index is 13.3. The van der Waals surface area contributed by atoms with Gasteiger partial charge in [0, 0.05) is 42.8 Å². The number of nitrogens with two attached hydrogens (primary N) is 1. The summed E-state index contributed by atoms with van der Waals surface area (Å²) in [4.78, 5) is 30.0. The summed E-state index contributed by atoms with van der Waals surface area (Å²) in [6, 6.07) is 13.0. The Labute approximate surface area is 226 Å². The number of para-hydroxylation sites is 1. The van der Waals surface area contributed by atoms with Crippen molar-refractivity contribution < 1.29 is 14.7 Å². The van der Waals surface area contributed by atoms with Gasteiger partial charge in [-0.1, -0.05) is 58.4 Å². The number of aromatic nitrogens is 2. The summed E-state index contributed by atoms with van der Waals surface area (Å²) in [5.74, 6) is 0.535. The first-order valence-electron chi connectivity index (χ1n) is 13.7. The minimum Gasteiger partial charge on any atom is -0.391 e. The zero-order chi connectivity index (χ0) is 27.7. The van der Waals surface area contributed by atoms with E-state index in [1.54, 1.807) is 6.20 Å². The molecule has 3 rings (SSSR count). The van der Waals surface area contributed by atoms with Gasteiger partial charge in [-0.2, -0.15) is 0 Å². The molecule has 2 amide bonds. The summed E-state index contributed by atoms with van der Waals surface area (Å²) in [5.41, 5.74) is 7.88. The van der Waals surface area contributed by atoms with Crippen LogP contribution in [0.2, 0.25) is 0 Å². The average Bonchev–Trinajstić information content (AvgIpc) is 3.31. The SMILES string of the molecule is CCCCNC(=O)[C@H](C)C[C@H](O)[C@@H](N)C[C@H](CNC(=O)c1cn(-c2ccccn2)c2ccccc12)C(C)C. The van der Waals surface area contributed by atoms with Gasteiger partial charge >= 0.3 is 0 Å². The van der Waals surface area contributed by atoms with Gasteiger partial charge in [-0.05, 0) is 49.3 Å². The molecule has 8 heteroatoms. The number of unbranched alkanes of at least 4 members (excludes halogenated alkanes) is 1. The first-order chi connectivity index (χ1) is 18.2. The van der Waals surface area contributed by atoms with Crippen LogP contribution < -0.4 is 16.4 Å². The molecule has 0 bridgehead atoms. The highest BCUT2D eigenvalue weighted by Crippen LogP contribution is 2.25. The van der Waals surface area contributed by atoms with Gasteiger partial charge in [0.25, 0.3) is 5.91 Å². The van der Waals surface area contributed by atoms with E-state index in [1.807, 2.05) is 60.2 Å². The molecule has 206 valence electrons. The number of carbonyl (C=O) groups excluding carboxylic acids is 2. The van der Waals surface area contributed by atoms with Crippen molar-refractivity contribution in [2.75, 3.05) is 13.1 Å². The molecule has 38 heavy (non-hydrogen) atoms. The van der Waals surface area contributed by atoms with Gasteiger partial charge in [-0.25, -0.2) is 4.98 Å². The lowest BCUT2D eigenvalue weighted by Crippen LogP contribution is -2.42. The Morgan fingerprint density at radius 2 is 1.79 bits per heavy atom. The van der Waals surface area contributed by atoms with Gasteiger partial charge in [-0.15, -0.1) is 0 Å². The van der Waals surface area contributed by atoms with Crippen molar-refractivity contribution in [2.45, 2.75) is 65.5 Å². The second-order valence-electron chi connectivity index (χ2n) is 10.6. The molecule has 8 nitrogen and oxygen atoms in total. The van der Waals surface area contributed by atoms with Crippen LogP contribution in [-0.4, -0.2) is 51.7 Å². The highest BCUT2D eigenvalue weighted by atomic mass is 16.3. The lowest BCUT2D eigenvalue weighted by atomic mass is 9.86. The molecule has 0 fully saturated rings. The Balaban J connectivity index is 1.62. The highest BCUT2D eigenvalue weighted by Gasteiger charge is 2.26. The molecule has 3 aromatic rings. The average molecular weight is 522 g/mol. The van der Waals surface area contributed by atoms with Crippen molar-refractivity contribution in [3.63, 3.8) is 0 Å². The summed E-state index contributed by atoms with van der Waals surface area (Å²) in [7, 11) is 0. The van der Waals surface area contributed by atoms with E-state index >= 15 is 0 Å². The molecule has 0 radical (unpaired) electrons. The molecule has 1 aromatic carbocycles. The largest absolute Gasteiger partial charge is 0.391 e. The molecule has 0 saturated heterocycles. The van der Waals surface area contributed by atoms with Gasteiger partial charge in [0.05, 0.1) is 17.2 Å². The van der Waals surface area contributed by atoms with Gasteiger partial charge in [0.15, 0.2) is 0 Å². The fraction of sp³-hybridized carbons (Fsp3) is 0.500. The quantitative estimate of drug-likeness (QED) is 0.239. The van der Waals surface area contributed by atoms with Gasteiger partial charge < -0.3 is 26.0 Å². The highest BCUT2D eigenvalue weighted by molar-refractivity contribution is 6.07. The maximum Gasteiger partial charge on any atom is 0.253 e. The van der Waals surface area contributed by atoms with Crippen molar-refractivity contribution >= 4 is 22.7 Å². The van der Waals surface area contributed by atoms with Crippen molar-refractivity contribution in [2.24, 2.45) is 23.5 Å². The third-order valence-corrected chi connectivity index (χ3v) is 7.26. The standard InChI is InChI=1S/C30H43N5O3/c1-5-6-14-33-29(37)21(4)16-27(36)25(31)17-22(20(2)3)18-34-30(38)24-19-35(28-13-9-10-15-32-28)26-12-8-7-11-23(24)26/h7-13,15,19-22,25,27,36H,5-6,14,16-18,31H2,1-4H3,(H,33,37)(H,34,38)/t21-,22-,25+,27+/m1/s1. The van der Waals surface area contributed by atoms with E-state index in [-0.39, 0.29) is 29.6 Å². The smallest absolute Gasteiger partial charge is 0.253 e. The van der Waals surface area contributed by atoms with Crippen LogP contribution in [0.1, 0.15) is 63.7 Å². The minimum atomic E-state index is -0.796. The molecule has 0 aliphatic heterocycles. The molecule has 2 heterocycles. The topological polar surface area (TPSA) is 122 Å². The Kier molecular flexibility index (Phi) is 10.9. The van der Waals surface area contributed by atoms with E-state index < -0.39 is 12.1 Å². The monoisotopic (exact) mass is 521 g/mol. The number of pyridine rings is 1. The first kappa shape index (κ1) is 29.3. The summed E-state index contributed by atoms with van der Waals surface area (Å²) in [6.07, 6.45) is 5.56. The molecule has 0 aliphatic rings. The number of nitrogens with one attached hydrogen (secondary N) is 2. The number of hydrogen-bond acceptors (Lipinski definition) is 5. The van der Waals surface area contributed by atoms with Crippen LogP contribution in [0.4, 0.5) is 0 Å². The number of hydrogen-bond donors (Lipinski definition) is 4. The van der Waals surface area contributed by atoms with Gasteiger partial charge in [0.2, 0.25) is 5.91 Å². The summed E-state index contributed by atoms with van der Waals surface area (Å²) in [6.45, 7) is 9.16. The number of amides is 2. The Morgan fingerprint density at radius 3 is 2.47 bits per heavy atom.